The number of thioether (sulfide) groups is 1. The number of hydrogen-bond acceptors (Lipinski definition) is 5. The van der Waals surface area contributed by atoms with E-state index < -0.39 is 0 Å². The standard InChI is InChI=1S/C17H24N4OS/c22-12-7-13-23-17-19-18-16(14-20-10-5-2-6-11-20)21(17)15-8-3-1-4-9-15/h1,3-4,8-9,22H,2,5-7,10-14H2. The molecule has 23 heavy (non-hydrogen) atoms. The smallest absolute Gasteiger partial charge is 0.195 e. The zero-order valence-corrected chi connectivity index (χ0v) is 14.2. The Kier molecular flexibility index (Phi) is 6.07. The molecule has 3 rings (SSSR count). The predicted molar refractivity (Wildman–Crippen MR) is 92.9 cm³/mol. The zero-order chi connectivity index (χ0) is 15.9. The Hall–Kier alpha value is -1.37. The average molecular weight is 332 g/mol. The van der Waals surface area contributed by atoms with E-state index in [1.54, 1.807) is 11.8 Å². The van der Waals surface area contributed by atoms with Gasteiger partial charge < -0.3 is 5.11 Å². The van der Waals surface area contributed by atoms with Crippen LogP contribution in [0.3, 0.4) is 0 Å². The first-order valence-electron chi connectivity index (χ1n) is 8.34. The van der Waals surface area contributed by atoms with Crippen molar-refractivity contribution in [3.8, 4) is 5.69 Å². The van der Waals surface area contributed by atoms with Gasteiger partial charge in [0.2, 0.25) is 0 Å². The highest BCUT2D eigenvalue weighted by Gasteiger charge is 2.18. The minimum Gasteiger partial charge on any atom is -0.396 e. The highest BCUT2D eigenvalue weighted by molar-refractivity contribution is 7.99. The predicted octanol–water partition coefficient (Wildman–Crippen LogP) is 2.73. The summed E-state index contributed by atoms with van der Waals surface area (Å²) in [5.41, 5.74) is 1.11. The number of benzene rings is 1. The molecule has 2 aromatic rings. The number of nitrogens with zero attached hydrogens (tertiary/aromatic N) is 4. The molecule has 0 radical (unpaired) electrons. The van der Waals surface area contributed by atoms with E-state index in [1.165, 1.54) is 19.3 Å². The first-order chi connectivity index (χ1) is 11.4. The summed E-state index contributed by atoms with van der Waals surface area (Å²) < 4.78 is 2.16. The molecular weight excluding hydrogens is 308 g/mol. The maximum Gasteiger partial charge on any atom is 0.195 e. The van der Waals surface area contributed by atoms with E-state index in [1.807, 2.05) is 18.2 Å². The van der Waals surface area contributed by atoms with Gasteiger partial charge in [-0.05, 0) is 44.5 Å². The number of likely N-dealkylation sites (tertiary alicyclic amines) is 1. The number of aromatic nitrogens is 3. The van der Waals surface area contributed by atoms with Crippen LogP contribution in [0.2, 0.25) is 0 Å². The van der Waals surface area contributed by atoms with Crippen molar-refractivity contribution in [1.82, 2.24) is 19.7 Å². The lowest BCUT2D eigenvalue weighted by Crippen LogP contribution is -2.30. The summed E-state index contributed by atoms with van der Waals surface area (Å²) in [6.45, 7) is 3.36. The second kappa shape index (κ2) is 8.47. The molecule has 1 aliphatic rings. The summed E-state index contributed by atoms with van der Waals surface area (Å²) in [6, 6.07) is 10.3. The van der Waals surface area contributed by atoms with Gasteiger partial charge in [0.1, 0.15) is 0 Å². The van der Waals surface area contributed by atoms with Gasteiger partial charge in [-0.15, -0.1) is 10.2 Å². The lowest BCUT2D eigenvalue weighted by molar-refractivity contribution is 0.214. The van der Waals surface area contributed by atoms with Gasteiger partial charge in [0.15, 0.2) is 11.0 Å². The monoisotopic (exact) mass is 332 g/mol. The molecule has 1 N–H and O–H groups in total. The molecule has 1 aromatic heterocycles. The summed E-state index contributed by atoms with van der Waals surface area (Å²) >= 11 is 1.66. The van der Waals surface area contributed by atoms with E-state index in [9.17, 15) is 0 Å². The average Bonchev–Trinajstić information content (AvgIpc) is 2.99. The summed E-state index contributed by atoms with van der Waals surface area (Å²) in [6.07, 6.45) is 4.66. The number of aliphatic hydroxyl groups excluding tert-OH is 1. The molecule has 0 aliphatic carbocycles. The van der Waals surface area contributed by atoms with Crippen molar-refractivity contribution in [2.75, 3.05) is 25.4 Å². The topological polar surface area (TPSA) is 54.2 Å². The molecular formula is C17H24N4OS. The SMILES string of the molecule is OCCCSc1nnc(CN2CCCCC2)n1-c1ccccc1. The quantitative estimate of drug-likeness (QED) is 0.624. The van der Waals surface area contributed by atoms with E-state index in [0.717, 1.165) is 48.5 Å². The first kappa shape index (κ1) is 16.5. The highest BCUT2D eigenvalue weighted by atomic mass is 32.2. The van der Waals surface area contributed by atoms with Gasteiger partial charge in [-0.1, -0.05) is 36.4 Å². The van der Waals surface area contributed by atoms with Crippen molar-refractivity contribution in [2.24, 2.45) is 0 Å². The van der Waals surface area contributed by atoms with Gasteiger partial charge in [0.25, 0.3) is 0 Å². The summed E-state index contributed by atoms with van der Waals surface area (Å²) in [5, 5.41) is 18.8. The Morgan fingerprint density at radius 3 is 2.57 bits per heavy atom. The molecule has 2 heterocycles. The van der Waals surface area contributed by atoms with Crippen molar-refractivity contribution in [3.05, 3.63) is 36.2 Å². The maximum absolute atomic E-state index is 8.99. The van der Waals surface area contributed by atoms with Gasteiger partial charge in [-0.25, -0.2) is 0 Å². The van der Waals surface area contributed by atoms with Crippen LogP contribution in [0, 0.1) is 0 Å². The molecule has 0 spiro atoms. The Morgan fingerprint density at radius 1 is 1.04 bits per heavy atom. The van der Waals surface area contributed by atoms with Crippen LogP contribution in [0.4, 0.5) is 0 Å². The first-order valence-corrected chi connectivity index (χ1v) is 9.33. The number of hydrogen-bond donors (Lipinski definition) is 1. The molecule has 1 saturated heterocycles. The molecule has 1 aromatic carbocycles. The third-order valence-corrected chi connectivity index (χ3v) is 5.08. The minimum absolute atomic E-state index is 0.215. The Morgan fingerprint density at radius 2 is 1.83 bits per heavy atom. The normalized spacial score (nSPS) is 15.9. The molecule has 1 aliphatic heterocycles. The van der Waals surface area contributed by atoms with Crippen molar-refractivity contribution in [3.63, 3.8) is 0 Å². The van der Waals surface area contributed by atoms with E-state index in [0.29, 0.717) is 0 Å². The third kappa shape index (κ3) is 4.34. The van der Waals surface area contributed by atoms with Crippen LogP contribution in [0.1, 0.15) is 31.5 Å². The van der Waals surface area contributed by atoms with Crippen molar-refractivity contribution >= 4 is 11.8 Å². The fourth-order valence-corrected chi connectivity index (χ4v) is 3.77. The molecule has 0 unspecified atom stereocenters. The van der Waals surface area contributed by atoms with Crippen molar-refractivity contribution in [1.29, 1.82) is 0 Å². The molecule has 6 heteroatoms. The van der Waals surface area contributed by atoms with E-state index in [2.05, 4.69) is 31.8 Å². The minimum atomic E-state index is 0.215. The van der Waals surface area contributed by atoms with Gasteiger partial charge in [0.05, 0.1) is 6.54 Å². The van der Waals surface area contributed by atoms with Gasteiger partial charge in [-0.3, -0.25) is 9.47 Å². The summed E-state index contributed by atoms with van der Waals surface area (Å²) in [5.74, 6) is 1.86. The summed E-state index contributed by atoms with van der Waals surface area (Å²) in [4.78, 5) is 2.47. The second-order valence-corrected chi connectivity index (χ2v) is 6.89. The van der Waals surface area contributed by atoms with Gasteiger partial charge in [-0.2, -0.15) is 0 Å². The molecule has 5 nitrogen and oxygen atoms in total. The van der Waals surface area contributed by atoms with Crippen LogP contribution in [-0.2, 0) is 6.54 Å². The number of para-hydroxylation sites is 1. The number of piperidine rings is 1. The Bertz CT molecular complexity index is 596. The van der Waals surface area contributed by atoms with Crippen LogP contribution in [0.5, 0.6) is 0 Å². The van der Waals surface area contributed by atoms with E-state index in [4.69, 9.17) is 5.11 Å². The largest absolute Gasteiger partial charge is 0.396 e. The fourth-order valence-electron chi connectivity index (χ4n) is 2.88. The lowest BCUT2D eigenvalue weighted by Gasteiger charge is -2.26. The molecule has 124 valence electrons. The Labute approximate surface area is 141 Å². The zero-order valence-electron chi connectivity index (χ0n) is 13.4. The number of aliphatic hydroxyl groups is 1. The molecule has 0 bridgehead atoms. The van der Waals surface area contributed by atoms with E-state index >= 15 is 0 Å². The second-order valence-electron chi connectivity index (χ2n) is 5.83. The van der Waals surface area contributed by atoms with Crippen molar-refractivity contribution < 1.29 is 5.11 Å². The third-order valence-electron chi connectivity index (χ3n) is 4.06. The molecule has 0 amide bonds. The highest BCUT2D eigenvalue weighted by Crippen LogP contribution is 2.24. The maximum atomic E-state index is 8.99. The van der Waals surface area contributed by atoms with Crippen LogP contribution in [-0.4, -0.2) is 50.2 Å². The Balaban J connectivity index is 1.83. The lowest BCUT2D eigenvalue weighted by atomic mass is 10.1. The van der Waals surface area contributed by atoms with Gasteiger partial charge >= 0.3 is 0 Å². The van der Waals surface area contributed by atoms with Crippen LogP contribution in [0.25, 0.3) is 5.69 Å². The number of rotatable bonds is 7. The van der Waals surface area contributed by atoms with E-state index in [-0.39, 0.29) is 6.61 Å². The molecule has 0 saturated carbocycles. The summed E-state index contributed by atoms with van der Waals surface area (Å²) in [7, 11) is 0. The van der Waals surface area contributed by atoms with Crippen molar-refractivity contribution in [2.45, 2.75) is 37.4 Å². The fraction of sp³-hybridized carbons (Fsp3) is 0.529. The van der Waals surface area contributed by atoms with Crippen LogP contribution in [0.15, 0.2) is 35.5 Å². The van der Waals surface area contributed by atoms with Crippen LogP contribution >= 0.6 is 11.8 Å². The van der Waals surface area contributed by atoms with Crippen LogP contribution < -0.4 is 0 Å². The van der Waals surface area contributed by atoms with Gasteiger partial charge in [0, 0.05) is 18.0 Å². The molecule has 0 atom stereocenters. The molecule has 1 fully saturated rings.